The van der Waals surface area contributed by atoms with Crippen LogP contribution < -0.4 is 0 Å². The molecule has 1 aromatic rings. The van der Waals surface area contributed by atoms with E-state index in [4.69, 9.17) is 4.84 Å². The molecule has 118 valence electrons. The van der Waals surface area contributed by atoms with Gasteiger partial charge in [-0.3, -0.25) is 4.79 Å². The fraction of sp³-hybridized carbons (Fsp3) is 0.412. The minimum absolute atomic E-state index is 0.0415. The molecular formula is C17H23N3O2. The molecule has 0 unspecified atom stereocenters. The lowest BCUT2D eigenvalue weighted by Gasteiger charge is -2.32. The second-order valence-corrected chi connectivity index (χ2v) is 5.38. The fourth-order valence-corrected chi connectivity index (χ4v) is 2.20. The van der Waals surface area contributed by atoms with Gasteiger partial charge in [0, 0.05) is 26.2 Å². The molecule has 1 saturated heterocycles. The molecule has 5 nitrogen and oxygen atoms in total. The zero-order chi connectivity index (χ0) is 15.8. The van der Waals surface area contributed by atoms with Gasteiger partial charge in [-0.1, -0.05) is 41.6 Å². The Morgan fingerprint density at radius 1 is 1.23 bits per heavy atom. The summed E-state index contributed by atoms with van der Waals surface area (Å²) in [5.41, 5.74) is 1.51. The van der Waals surface area contributed by atoms with Crippen LogP contribution in [0.2, 0.25) is 0 Å². The maximum atomic E-state index is 12.2. The van der Waals surface area contributed by atoms with E-state index in [1.165, 1.54) is 0 Å². The Morgan fingerprint density at radius 3 is 2.59 bits per heavy atom. The van der Waals surface area contributed by atoms with Crippen molar-refractivity contribution in [2.75, 3.05) is 39.8 Å². The van der Waals surface area contributed by atoms with Crippen LogP contribution in [0.5, 0.6) is 0 Å². The summed E-state index contributed by atoms with van der Waals surface area (Å²) in [6.45, 7) is 5.34. The van der Waals surface area contributed by atoms with Crippen LogP contribution in [0, 0.1) is 0 Å². The van der Waals surface area contributed by atoms with Crippen LogP contribution in [0.1, 0.15) is 12.5 Å². The molecule has 0 radical (unpaired) electrons. The second-order valence-electron chi connectivity index (χ2n) is 5.38. The molecular weight excluding hydrogens is 278 g/mol. The van der Waals surface area contributed by atoms with E-state index in [1.807, 2.05) is 47.4 Å². The maximum absolute atomic E-state index is 12.2. The minimum Gasteiger partial charge on any atom is -0.391 e. The third-order valence-electron chi connectivity index (χ3n) is 3.58. The first-order chi connectivity index (χ1) is 10.7. The number of piperazine rings is 1. The first-order valence-corrected chi connectivity index (χ1v) is 7.53. The van der Waals surface area contributed by atoms with Gasteiger partial charge in [0.15, 0.2) is 0 Å². The van der Waals surface area contributed by atoms with Crippen molar-refractivity contribution in [3.05, 3.63) is 42.0 Å². The van der Waals surface area contributed by atoms with Crippen molar-refractivity contribution in [2.45, 2.75) is 6.92 Å². The molecule has 0 aliphatic carbocycles. The number of amides is 1. The Kier molecular flexibility index (Phi) is 6.15. The van der Waals surface area contributed by atoms with Crippen molar-refractivity contribution < 1.29 is 9.63 Å². The first kappa shape index (κ1) is 16.2. The van der Waals surface area contributed by atoms with Crippen molar-refractivity contribution in [3.8, 4) is 0 Å². The highest BCUT2D eigenvalue weighted by Crippen LogP contribution is 2.02. The minimum atomic E-state index is -0.0415. The van der Waals surface area contributed by atoms with Gasteiger partial charge in [0.2, 0.25) is 0 Å². The lowest BCUT2D eigenvalue weighted by Crippen LogP contribution is -2.48. The summed E-state index contributed by atoms with van der Waals surface area (Å²) in [7, 11) is 2.06. The van der Waals surface area contributed by atoms with E-state index in [2.05, 4.69) is 17.1 Å². The van der Waals surface area contributed by atoms with Crippen LogP contribution in [0.25, 0.3) is 6.08 Å². The summed E-state index contributed by atoms with van der Waals surface area (Å²) in [6, 6.07) is 9.98. The van der Waals surface area contributed by atoms with Gasteiger partial charge in [-0.2, -0.15) is 0 Å². The summed E-state index contributed by atoms with van der Waals surface area (Å²) in [6.07, 6.45) is 3.85. The Balaban J connectivity index is 1.75. The van der Waals surface area contributed by atoms with Gasteiger partial charge in [-0.25, -0.2) is 0 Å². The first-order valence-electron chi connectivity index (χ1n) is 7.53. The second kappa shape index (κ2) is 8.34. The van der Waals surface area contributed by atoms with E-state index in [1.54, 1.807) is 6.92 Å². The quantitative estimate of drug-likeness (QED) is 0.474. The van der Waals surface area contributed by atoms with Crippen molar-refractivity contribution in [1.29, 1.82) is 0 Å². The van der Waals surface area contributed by atoms with Crippen LogP contribution in [0.15, 0.2) is 41.6 Å². The van der Waals surface area contributed by atoms with Gasteiger partial charge in [-0.05, 0) is 25.6 Å². The van der Waals surface area contributed by atoms with Crippen LogP contribution in [-0.4, -0.2) is 61.3 Å². The van der Waals surface area contributed by atoms with Crippen molar-refractivity contribution in [2.24, 2.45) is 5.16 Å². The van der Waals surface area contributed by atoms with Gasteiger partial charge >= 0.3 is 0 Å². The Labute approximate surface area is 131 Å². The molecule has 22 heavy (non-hydrogen) atoms. The number of carbonyl (C=O) groups is 1. The van der Waals surface area contributed by atoms with Crippen LogP contribution in [0.4, 0.5) is 0 Å². The van der Waals surface area contributed by atoms with Gasteiger partial charge in [0.25, 0.3) is 5.91 Å². The largest absolute Gasteiger partial charge is 0.391 e. The van der Waals surface area contributed by atoms with E-state index in [0.29, 0.717) is 12.3 Å². The predicted octanol–water partition coefficient (Wildman–Crippen LogP) is 1.87. The van der Waals surface area contributed by atoms with E-state index in [0.717, 1.165) is 31.7 Å². The Hall–Kier alpha value is -2.14. The van der Waals surface area contributed by atoms with Gasteiger partial charge in [0.1, 0.15) is 12.3 Å². The fourth-order valence-electron chi connectivity index (χ4n) is 2.20. The Bertz CT molecular complexity index is 532. The normalized spacial score (nSPS) is 17.0. The highest BCUT2D eigenvalue weighted by Gasteiger charge is 2.21. The number of rotatable bonds is 5. The molecule has 0 saturated carbocycles. The summed E-state index contributed by atoms with van der Waals surface area (Å²) in [5.74, 6) is -0.0415. The van der Waals surface area contributed by atoms with E-state index < -0.39 is 0 Å². The number of benzene rings is 1. The number of oxime groups is 1. The van der Waals surface area contributed by atoms with Crippen molar-refractivity contribution in [3.63, 3.8) is 0 Å². The van der Waals surface area contributed by atoms with Crippen molar-refractivity contribution in [1.82, 2.24) is 9.80 Å². The predicted molar refractivity (Wildman–Crippen MR) is 88.6 cm³/mol. The summed E-state index contributed by atoms with van der Waals surface area (Å²) < 4.78 is 0. The third kappa shape index (κ3) is 5.00. The lowest BCUT2D eigenvalue weighted by molar-refractivity contribution is -0.125. The molecule has 5 heteroatoms. The SMILES string of the molecule is C/C(=N/OC/C=C/c1ccccc1)C(=O)N1CCN(C)CC1. The van der Waals surface area contributed by atoms with E-state index in [-0.39, 0.29) is 5.91 Å². The molecule has 0 N–H and O–H groups in total. The molecule has 0 bridgehead atoms. The number of hydrogen-bond donors (Lipinski definition) is 0. The molecule has 0 aromatic heterocycles. The van der Waals surface area contributed by atoms with E-state index in [9.17, 15) is 4.79 Å². The van der Waals surface area contributed by atoms with Crippen LogP contribution in [0.3, 0.4) is 0 Å². The zero-order valence-electron chi connectivity index (χ0n) is 13.2. The van der Waals surface area contributed by atoms with Crippen molar-refractivity contribution >= 4 is 17.7 Å². The Morgan fingerprint density at radius 2 is 1.91 bits per heavy atom. The number of hydrogen-bond acceptors (Lipinski definition) is 4. The monoisotopic (exact) mass is 301 g/mol. The third-order valence-corrected chi connectivity index (χ3v) is 3.58. The number of carbonyl (C=O) groups excluding carboxylic acids is 1. The highest BCUT2D eigenvalue weighted by molar-refractivity contribution is 6.37. The zero-order valence-corrected chi connectivity index (χ0v) is 13.2. The molecule has 1 amide bonds. The average Bonchev–Trinajstić information content (AvgIpc) is 2.55. The number of nitrogens with zero attached hydrogens (tertiary/aromatic N) is 3. The molecule has 1 heterocycles. The van der Waals surface area contributed by atoms with E-state index >= 15 is 0 Å². The van der Waals surface area contributed by atoms with Gasteiger partial charge in [-0.15, -0.1) is 0 Å². The molecule has 1 fully saturated rings. The summed E-state index contributed by atoms with van der Waals surface area (Å²) in [4.78, 5) is 21.4. The molecule has 1 aliphatic rings. The number of likely N-dealkylation sites (N-methyl/N-ethyl adjacent to an activating group) is 1. The van der Waals surface area contributed by atoms with Crippen LogP contribution in [-0.2, 0) is 9.63 Å². The summed E-state index contributed by atoms with van der Waals surface area (Å²) in [5, 5.41) is 3.91. The lowest BCUT2D eigenvalue weighted by atomic mass is 10.2. The molecule has 2 rings (SSSR count). The topological polar surface area (TPSA) is 45.1 Å². The highest BCUT2D eigenvalue weighted by atomic mass is 16.6. The average molecular weight is 301 g/mol. The molecule has 1 aromatic carbocycles. The standard InChI is InChI=1S/C17H23N3O2/c1-15(17(21)20-12-10-19(2)11-13-20)18-22-14-6-9-16-7-4-3-5-8-16/h3-9H,10-14H2,1-2H3/b9-6+,18-15-. The molecule has 0 spiro atoms. The smallest absolute Gasteiger partial charge is 0.271 e. The van der Waals surface area contributed by atoms with Gasteiger partial charge in [0.05, 0.1) is 0 Å². The summed E-state index contributed by atoms with van der Waals surface area (Å²) >= 11 is 0. The molecule has 1 aliphatic heterocycles. The van der Waals surface area contributed by atoms with Crippen LogP contribution >= 0.6 is 0 Å². The van der Waals surface area contributed by atoms with Gasteiger partial charge < -0.3 is 14.6 Å². The molecule has 0 atom stereocenters. The maximum Gasteiger partial charge on any atom is 0.271 e.